The van der Waals surface area contributed by atoms with Crippen molar-refractivity contribution in [3.05, 3.63) is 77.4 Å². The number of amides is 2. The Morgan fingerprint density at radius 3 is 2.08 bits per heavy atom. The molecule has 2 amide bonds. The number of hydrogen-bond acceptors (Lipinski definition) is 7. The quantitative estimate of drug-likeness (QED) is 0.477. The lowest BCUT2D eigenvalue weighted by Crippen LogP contribution is -2.37. The van der Waals surface area contributed by atoms with Gasteiger partial charge in [0.25, 0.3) is 5.91 Å². The zero-order valence-corrected chi connectivity index (χ0v) is 20.8. The number of imide groups is 1. The van der Waals surface area contributed by atoms with E-state index in [-0.39, 0.29) is 11.8 Å². The molecule has 3 atom stereocenters. The second-order valence-electron chi connectivity index (χ2n) is 8.91. The predicted octanol–water partition coefficient (Wildman–Crippen LogP) is 4.38. The molecule has 3 aromatic carbocycles. The number of aryl methyl sites for hydroxylation is 2. The van der Waals surface area contributed by atoms with Crippen LogP contribution in [0.5, 0.6) is 17.2 Å². The van der Waals surface area contributed by atoms with Gasteiger partial charge in [-0.15, -0.1) is 0 Å². The number of methoxy groups -OCH3 is 3. The fraction of sp³-hybridized carbons (Fsp3) is 0.286. The Morgan fingerprint density at radius 1 is 0.778 bits per heavy atom. The molecule has 0 radical (unpaired) electrons. The zero-order chi connectivity index (χ0) is 25.6. The lowest BCUT2D eigenvalue weighted by molar-refractivity contribution is -0.126. The number of fused-ring (bicyclic) bond motifs is 1. The number of nitrogens with zero attached hydrogens (tertiary/aromatic N) is 2. The Hall–Kier alpha value is -4.04. The summed E-state index contributed by atoms with van der Waals surface area (Å²) in [4.78, 5) is 35.1. The Bertz CT molecular complexity index is 1330. The van der Waals surface area contributed by atoms with Crippen LogP contribution in [0.2, 0.25) is 0 Å². The molecular weight excluding hydrogens is 460 g/mol. The van der Waals surface area contributed by atoms with Crippen LogP contribution < -0.4 is 24.2 Å². The molecule has 0 unspecified atom stereocenters. The second-order valence-corrected chi connectivity index (χ2v) is 8.91. The monoisotopic (exact) mass is 488 g/mol. The van der Waals surface area contributed by atoms with Crippen LogP contribution in [0.25, 0.3) is 0 Å². The minimum atomic E-state index is -0.985. The van der Waals surface area contributed by atoms with Crippen molar-refractivity contribution in [2.75, 3.05) is 31.3 Å². The average molecular weight is 489 g/mol. The molecule has 0 aromatic heterocycles. The zero-order valence-electron chi connectivity index (χ0n) is 20.8. The third-order valence-electron chi connectivity index (χ3n) is 6.77. The van der Waals surface area contributed by atoms with Crippen molar-refractivity contribution in [1.29, 1.82) is 0 Å². The molecule has 2 saturated heterocycles. The third-order valence-corrected chi connectivity index (χ3v) is 6.77. The maximum atomic E-state index is 14.0. The van der Waals surface area contributed by atoms with Crippen molar-refractivity contribution < 1.29 is 28.6 Å². The minimum Gasteiger partial charge on any atom is -0.496 e. The van der Waals surface area contributed by atoms with Gasteiger partial charge in [-0.2, -0.15) is 0 Å². The van der Waals surface area contributed by atoms with Gasteiger partial charge in [0.1, 0.15) is 17.7 Å². The van der Waals surface area contributed by atoms with Crippen LogP contribution in [0.1, 0.15) is 22.7 Å². The van der Waals surface area contributed by atoms with E-state index in [1.54, 1.807) is 38.5 Å². The van der Waals surface area contributed by atoms with Crippen LogP contribution in [-0.2, 0) is 14.4 Å². The summed E-state index contributed by atoms with van der Waals surface area (Å²) < 4.78 is 16.7. The summed E-state index contributed by atoms with van der Waals surface area (Å²) in [6.45, 7) is 3.86. The maximum Gasteiger partial charge on any atom is 0.266 e. The van der Waals surface area contributed by atoms with Crippen molar-refractivity contribution in [2.24, 2.45) is 5.92 Å². The van der Waals surface area contributed by atoms with Crippen LogP contribution in [0.4, 0.5) is 11.4 Å². The van der Waals surface area contributed by atoms with Gasteiger partial charge < -0.3 is 14.2 Å². The molecule has 186 valence electrons. The number of para-hydroxylation sites is 1. The highest BCUT2D eigenvalue weighted by molar-refractivity contribution is 6.24. The molecule has 2 aliphatic rings. The number of ether oxygens (including phenoxy) is 3. The maximum absolute atomic E-state index is 14.0. The van der Waals surface area contributed by atoms with E-state index in [0.29, 0.717) is 34.2 Å². The molecule has 2 aliphatic heterocycles. The molecule has 3 aromatic rings. The molecule has 2 fully saturated rings. The summed E-state index contributed by atoms with van der Waals surface area (Å²) in [5.41, 5.74) is 3.83. The fourth-order valence-corrected chi connectivity index (χ4v) is 5.11. The summed E-state index contributed by atoms with van der Waals surface area (Å²) in [5, 5.41) is 1.63. The highest BCUT2D eigenvalue weighted by Crippen LogP contribution is 2.51. The first kappa shape index (κ1) is 23.7. The molecular formula is C28H28N2O6. The van der Waals surface area contributed by atoms with Gasteiger partial charge >= 0.3 is 0 Å². The van der Waals surface area contributed by atoms with Crippen LogP contribution >= 0.6 is 0 Å². The van der Waals surface area contributed by atoms with Crippen LogP contribution in [-0.4, -0.2) is 39.2 Å². The van der Waals surface area contributed by atoms with Crippen LogP contribution in [0.15, 0.2) is 60.7 Å². The van der Waals surface area contributed by atoms with E-state index in [4.69, 9.17) is 19.0 Å². The Labute approximate surface area is 209 Å². The number of hydroxylamine groups is 1. The molecule has 0 saturated carbocycles. The lowest BCUT2D eigenvalue weighted by atomic mass is 9.89. The van der Waals surface area contributed by atoms with Gasteiger partial charge in [0.15, 0.2) is 17.6 Å². The summed E-state index contributed by atoms with van der Waals surface area (Å²) >= 11 is 0. The molecule has 5 rings (SSSR count). The summed E-state index contributed by atoms with van der Waals surface area (Å²) in [7, 11) is 4.64. The first-order chi connectivity index (χ1) is 17.4. The van der Waals surface area contributed by atoms with E-state index in [2.05, 4.69) is 0 Å². The van der Waals surface area contributed by atoms with Gasteiger partial charge in [-0.25, -0.2) is 9.96 Å². The van der Waals surface area contributed by atoms with E-state index in [0.717, 1.165) is 11.1 Å². The van der Waals surface area contributed by atoms with Crippen molar-refractivity contribution in [1.82, 2.24) is 0 Å². The van der Waals surface area contributed by atoms with Crippen molar-refractivity contribution in [3.8, 4) is 17.2 Å². The molecule has 8 nitrogen and oxygen atoms in total. The summed E-state index contributed by atoms with van der Waals surface area (Å²) in [5.74, 6) is -0.0474. The number of benzene rings is 3. The topological polar surface area (TPSA) is 77.5 Å². The minimum absolute atomic E-state index is 0.322. The Balaban J connectivity index is 1.66. The van der Waals surface area contributed by atoms with Crippen LogP contribution in [0.3, 0.4) is 0 Å². The highest BCUT2D eigenvalue weighted by Gasteiger charge is 2.61. The molecule has 8 heteroatoms. The standard InChI is InChI=1S/C28H28N2O6/c1-16-11-12-20(17(2)13-16)29-27(31)24-25(19-14-22(34-4)23(35-5)15-21(19)33-3)30(36-26(24)28(29)32)18-9-7-6-8-10-18/h6-15,24-26H,1-5H3/t24-,25-,26-/m1/s1. The van der Waals surface area contributed by atoms with E-state index in [1.165, 1.54) is 4.90 Å². The van der Waals surface area contributed by atoms with E-state index < -0.39 is 18.1 Å². The normalized spacial score (nSPS) is 21.1. The predicted molar refractivity (Wildman–Crippen MR) is 135 cm³/mol. The van der Waals surface area contributed by atoms with Crippen molar-refractivity contribution >= 4 is 23.2 Å². The van der Waals surface area contributed by atoms with Gasteiger partial charge in [-0.05, 0) is 43.7 Å². The third kappa shape index (κ3) is 3.65. The van der Waals surface area contributed by atoms with Gasteiger partial charge in [-0.1, -0.05) is 35.9 Å². The molecule has 0 bridgehead atoms. The average Bonchev–Trinajstić information content (AvgIpc) is 3.39. The van der Waals surface area contributed by atoms with Gasteiger partial charge in [0, 0.05) is 11.6 Å². The number of hydrogen-bond donors (Lipinski definition) is 0. The lowest BCUT2D eigenvalue weighted by Gasteiger charge is -2.30. The van der Waals surface area contributed by atoms with E-state index >= 15 is 0 Å². The van der Waals surface area contributed by atoms with E-state index in [1.807, 2.05) is 62.4 Å². The first-order valence-corrected chi connectivity index (χ1v) is 11.7. The molecule has 2 heterocycles. The van der Waals surface area contributed by atoms with Gasteiger partial charge in [0.2, 0.25) is 5.91 Å². The molecule has 0 spiro atoms. The molecule has 0 N–H and O–H groups in total. The highest BCUT2D eigenvalue weighted by atomic mass is 16.7. The Kier molecular flexibility index (Phi) is 6.05. The SMILES string of the molecule is COc1cc(OC)c([C@@H]2[C@H]3C(=O)N(c4ccc(C)cc4C)C(=O)[C@@H]3ON2c2ccccc2)cc1OC. The smallest absolute Gasteiger partial charge is 0.266 e. The van der Waals surface area contributed by atoms with Gasteiger partial charge in [-0.3, -0.25) is 14.4 Å². The summed E-state index contributed by atoms with van der Waals surface area (Å²) in [6, 6.07) is 17.9. The summed E-state index contributed by atoms with van der Waals surface area (Å²) in [6.07, 6.45) is -0.985. The largest absolute Gasteiger partial charge is 0.496 e. The number of carbonyl (C=O) groups is 2. The number of anilines is 2. The number of rotatable bonds is 6. The Morgan fingerprint density at radius 2 is 1.44 bits per heavy atom. The first-order valence-electron chi connectivity index (χ1n) is 11.7. The second kappa shape index (κ2) is 9.20. The number of carbonyl (C=O) groups excluding carboxylic acids is 2. The molecule has 36 heavy (non-hydrogen) atoms. The van der Waals surface area contributed by atoms with Crippen molar-refractivity contribution in [3.63, 3.8) is 0 Å². The van der Waals surface area contributed by atoms with Gasteiger partial charge in [0.05, 0.1) is 32.7 Å². The van der Waals surface area contributed by atoms with Crippen molar-refractivity contribution in [2.45, 2.75) is 26.0 Å². The molecule has 0 aliphatic carbocycles. The fourth-order valence-electron chi connectivity index (χ4n) is 5.11. The van der Waals surface area contributed by atoms with Crippen LogP contribution in [0, 0.1) is 19.8 Å². The van der Waals surface area contributed by atoms with E-state index in [9.17, 15) is 9.59 Å².